The summed E-state index contributed by atoms with van der Waals surface area (Å²) in [5.74, 6) is -0.647. The summed E-state index contributed by atoms with van der Waals surface area (Å²) in [5, 5.41) is 3.04. The minimum atomic E-state index is -0.701. The van der Waals surface area contributed by atoms with Gasteiger partial charge in [-0.25, -0.2) is 9.18 Å². The molecule has 0 aliphatic carbocycles. The number of nitrogens with zero attached hydrogens (tertiary/aromatic N) is 1. The summed E-state index contributed by atoms with van der Waals surface area (Å²) in [6.45, 7) is 14.5. The quantitative estimate of drug-likeness (QED) is 0.160. The van der Waals surface area contributed by atoms with E-state index < -0.39 is 17.4 Å². The Labute approximate surface area is 253 Å². The lowest BCUT2D eigenvalue weighted by Crippen LogP contribution is -2.32. The van der Waals surface area contributed by atoms with E-state index in [1.165, 1.54) is 6.07 Å². The van der Waals surface area contributed by atoms with E-state index >= 15 is 4.39 Å². The van der Waals surface area contributed by atoms with Gasteiger partial charge in [0.2, 0.25) is 0 Å². The highest BCUT2D eigenvalue weighted by Crippen LogP contribution is 2.34. The maximum absolute atomic E-state index is 15.6. The SMILES string of the molecule is C=C(C(=O)OC(C)(C)C)/C(=C\C=C/C)c1ccc(CN2CCOc3cc(C(=O)N[C@@H](C)c4ccccc4)ccc32)cc1F. The average molecular weight is 583 g/mol. The van der Waals surface area contributed by atoms with Crippen molar-refractivity contribution < 1.29 is 23.5 Å². The molecule has 0 fully saturated rings. The highest BCUT2D eigenvalue weighted by Gasteiger charge is 2.24. The first-order valence-electron chi connectivity index (χ1n) is 14.4. The van der Waals surface area contributed by atoms with Crippen LogP contribution in [0.4, 0.5) is 10.1 Å². The number of rotatable bonds is 9. The van der Waals surface area contributed by atoms with Gasteiger partial charge < -0.3 is 19.7 Å². The molecule has 3 aromatic rings. The minimum Gasteiger partial charge on any atom is -0.490 e. The fraction of sp³-hybridized carbons (Fsp3) is 0.278. The van der Waals surface area contributed by atoms with Crippen molar-refractivity contribution in [2.75, 3.05) is 18.1 Å². The van der Waals surface area contributed by atoms with Crippen LogP contribution in [0.5, 0.6) is 5.75 Å². The van der Waals surface area contributed by atoms with Crippen LogP contribution in [0.3, 0.4) is 0 Å². The van der Waals surface area contributed by atoms with E-state index in [0.717, 1.165) is 16.8 Å². The third-order valence-corrected chi connectivity index (χ3v) is 6.95. The van der Waals surface area contributed by atoms with Crippen LogP contribution in [-0.2, 0) is 16.1 Å². The van der Waals surface area contributed by atoms with Crippen LogP contribution < -0.4 is 15.0 Å². The number of benzene rings is 3. The van der Waals surface area contributed by atoms with Gasteiger partial charge in [0.25, 0.3) is 5.91 Å². The van der Waals surface area contributed by atoms with Crippen LogP contribution in [0.1, 0.15) is 67.7 Å². The van der Waals surface area contributed by atoms with Crippen LogP contribution in [0.25, 0.3) is 5.57 Å². The highest BCUT2D eigenvalue weighted by molar-refractivity contribution is 6.06. The molecule has 1 amide bonds. The molecule has 0 saturated heterocycles. The molecule has 0 saturated carbocycles. The molecule has 1 heterocycles. The number of carbonyl (C=O) groups excluding carboxylic acids is 2. The van der Waals surface area contributed by atoms with Crippen molar-refractivity contribution in [1.29, 1.82) is 0 Å². The number of amides is 1. The molecule has 224 valence electrons. The van der Waals surface area contributed by atoms with E-state index in [0.29, 0.717) is 36.6 Å². The van der Waals surface area contributed by atoms with Gasteiger partial charge >= 0.3 is 5.97 Å². The first-order valence-corrected chi connectivity index (χ1v) is 14.4. The number of nitrogens with one attached hydrogen (secondary N) is 1. The van der Waals surface area contributed by atoms with Gasteiger partial charge in [-0.3, -0.25) is 4.79 Å². The number of hydrogen-bond acceptors (Lipinski definition) is 5. The third kappa shape index (κ3) is 8.01. The Kier molecular flexibility index (Phi) is 9.86. The van der Waals surface area contributed by atoms with E-state index in [4.69, 9.17) is 9.47 Å². The summed E-state index contributed by atoms with van der Waals surface area (Å²) in [6.07, 6.45) is 5.19. The lowest BCUT2D eigenvalue weighted by atomic mass is 9.96. The predicted octanol–water partition coefficient (Wildman–Crippen LogP) is 7.57. The molecule has 0 bridgehead atoms. The second kappa shape index (κ2) is 13.6. The number of halogens is 1. The smallest absolute Gasteiger partial charge is 0.338 e. The monoisotopic (exact) mass is 582 g/mol. The summed E-state index contributed by atoms with van der Waals surface area (Å²) in [5.41, 5.74) is 3.11. The Hall–Kier alpha value is -4.65. The number of hydrogen-bond donors (Lipinski definition) is 1. The molecule has 1 atom stereocenters. The molecule has 1 N–H and O–H groups in total. The second-order valence-electron chi connectivity index (χ2n) is 11.5. The van der Waals surface area contributed by atoms with E-state index in [-0.39, 0.29) is 23.1 Å². The lowest BCUT2D eigenvalue weighted by molar-refractivity contribution is -0.149. The Balaban J connectivity index is 1.51. The van der Waals surface area contributed by atoms with Crippen molar-refractivity contribution in [1.82, 2.24) is 5.32 Å². The Morgan fingerprint density at radius 3 is 2.53 bits per heavy atom. The molecule has 4 rings (SSSR count). The molecule has 43 heavy (non-hydrogen) atoms. The van der Waals surface area contributed by atoms with Gasteiger partial charge in [0.05, 0.1) is 23.8 Å². The van der Waals surface area contributed by atoms with Crippen molar-refractivity contribution in [2.45, 2.75) is 52.8 Å². The van der Waals surface area contributed by atoms with Crippen LogP contribution >= 0.6 is 0 Å². The van der Waals surface area contributed by atoms with Crippen molar-refractivity contribution in [3.63, 3.8) is 0 Å². The van der Waals surface area contributed by atoms with Gasteiger partial charge in [0.1, 0.15) is 23.8 Å². The Morgan fingerprint density at radius 2 is 1.86 bits per heavy atom. The summed E-state index contributed by atoms with van der Waals surface area (Å²) in [6, 6.07) is 20.0. The first-order chi connectivity index (χ1) is 20.5. The molecular weight excluding hydrogens is 543 g/mol. The summed E-state index contributed by atoms with van der Waals surface area (Å²) < 4.78 is 26.9. The number of anilines is 1. The zero-order chi connectivity index (χ0) is 31.1. The van der Waals surface area contributed by atoms with Gasteiger partial charge in [0, 0.05) is 17.7 Å². The van der Waals surface area contributed by atoms with Gasteiger partial charge in [0.15, 0.2) is 0 Å². The number of allylic oxidation sites excluding steroid dienone is 3. The van der Waals surface area contributed by atoms with Gasteiger partial charge in [-0.15, -0.1) is 0 Å². The van der Waals surface area contributed by atoms with E-state index in [1.807, 2.05) is 56.3 Å². The second-order valence-corrected chi connectivity index (χ2v) is 11.5. The first kappa shape index (κ1) is 31.3. The maximum Gasteiger partial charge on any atom is 0.338 e. The fourth-order valence-corrected chi connectivity index (χ4v) is 4.78. The Bertz CT molecular complexity index is 1550. The summed E-state index contributed by atoms with van der Waals surface area (Å²) in [7, 11) is 0. The molecule has 0 spiro atoms. The van der Waals surface area contributed by atoms with Crippen molar-refractivity contribution >= 4 is 23.1 Å². The summed E-state index contributed by atoms with van der Waals surface area (Å²) >= 11 is 0. The van der Waals surface area contributed by atoms with Crippen LogP contribution in [0.2, 0.25) is 0 Å². The molecule has 0 unspecified atom stereocenters. The number of carbonyl (C=O) groups is 2. The van der Waals surface area contributed by atoms with Crippen molar-refractivity contribution in [3.05, 3.63) is 125 Å². The topological polar surface area (TPSA) is 67.9 Å². The zero-order valence-electron chi connectivity index (χ0n) is 25.4. The maximum atomic E-state index is 15.6. The normalized spacial score (nSPS) is 14.1. The molecule has 1 aliphatic rings. The van der Waals surface area contributed by atoms with Crippen molar-refractivity contribution in [3.8, 4) is 5.75 Å². The molecule has 3 aromatic carbocycles. The zero-order valence-corrected chi connectivity index (χ0v) is 25.4. The molecule has 6 nitrogen and oxygen atoms in total. The van der Waals surface area contributed by atoms with E-state index in [1.54, 1.807) is 57.2 Å². The van der Waals surface area contributed by atoms with Crippen LogP contribution in [0, 0.1) is 5.82 Å². The average Bonchev–Trinajstić information content (AvgIpc) is 2.97. The van der Waals surface area contributed by atoms with Crippen molar-refractivity contribution in [2.24, 2.45) is 0 Å². The molecule has 0 aromatic heterocycles. The number of fused-ring (bicyclic) bond motifs is 1. The number of esters is 1. The molecule has 0 radical (unpaired) electrons. The lowest BCUT2D eigenvalue weighted by Gasteiger charge is -2.31. The standard InChI is InChI=1S/C36H39FN2O4/c1-7-8-14-29(24(2)35(41)43-36(4,5)6)30-17-15-26(21-31(30)37)23-39-19-20-42-33-22-28(16-18-32(33)39)34(40)38-25(3)27-12-10-9-11-13-27/h7-18,21-22,25H,2,19-20,23H2,1,3-6H3,(H,38,40)/b8-7-,29-14+/t25-/m0/s1. The van der Waals surface area contributed by atoms with Crippen LogP contribution in [-0.4, -0.2) is 30.6 Å². The number of ether oxygens (including phenoxy) is 2. The van der Waals surface area contributed by atoms with Gasteiger partial charge in [-0.2, -0.15) is 0 Å². The fourth-order valence-electron chi connectivity index (χ4n) is 4.78. The Morgan fingerprint density at radius 1 is 1.12 bits per heavy atom. The molecular formula is C36H39FN2O4. The largest absolute Gasteiger partial charge is 0.490 e. The molecule has 7 heteroatoms. The molecule has 1 aliphatic heterocycles. The third-order valence-electron chi connectivity index (χ3n) is 6.95. The van der Waals surface area contributed by atoms with Gasteiger partial charge in [-0.05, 0) is 75.6 Å². The summed E-state index contributed by atoms with van der Waals surface area (Å²) in [4.78, 5) is 27.8. The van der Waals surface area contributed by atoms with E-state index in [9.17, 15) is 9.59 Å². The predicted molar refractivity (Wildman–Crippen MR) is 169 cm³/mol. The van der Waals surface area contributed by atoms with Crippen LogP contribution in [0.15, 0.2) is 97.1 Å². The van der Waals surface area contributed by atoms with E-state index in [2.05, 4.69) is 16.8 Å². The highest BCUT2D eigenvalue weighted by atomic mass is 19.1. The minimum absolute atomic E-state index is 0.0831. The van der Waals surface area contributed by atoms with Gasteiger partial charge in [-0.1, -0.05) is 67.3 Å².